The van der Waals surface area contributed by atoms with Crippen LogP contribution >= 0.6 is 0 Å². The second-order valence-corrected chi connectivity index (χ2v) is 18.6. The third-order valence-electron chi connectivity index (χ3n) is 12.2. The van der Waals surface area contributed by atoms with Gasteiger partial charge in [0.15, 0.2) is 0 Å². The second-order valence-electron chi connectivity index (χ2n) is 18.6. The molecule has 2 saturated heterocycles. The van der Waals surface area contributed by atoms with Crippen molar-refractivity contribution in [2.45, 2.75) is 129 Å². The average molecular weight is 964 g/mol. The number of hydrogen-bond acceptors (Lipinski definition) is 11. The smallest absolute Gasteiger partial charge is 0.407 e. The van der Waals surface area contributed by atoms with E-state index >= 15 is 0 Å². The van der Waals surface area contributed by atoms with Crippen LogP contribution in [0.3, 0.4) is 0 Å². The number of ether oxygens (including phenoxy) is 3. The quantitative estimate of drug-likeness (QED) is 0.0461. The van der Waals surface area contributed by atoms with E-state index in [1.807, 2.05) is 74.5 Å². The fourth-order valence-corrected chi connectivity index (χ4v) is 8.54. The van der Waals surface area contributed by atoms with Gasteiger partial charge in [0.1, 0.15) is 49.5 Å². The van der Waals surface area contributed by atoms with Gasteiger partial charge in [0.05, 0.1) is 13.0 Å². The lowest BCUT2D eigenvalue weighted by atomic mass is 9.98. The molecule has 0 spiro atoms. The fraction of sp³-hybridized carbons (Fsp3) is 0.462. The van der Waals surface area contributed by atoms with Gasteiger partial charge in [-0.05, 0) is 53.9 Å². The number of alkyl carbamates (subject to hydrolysis) is 1. The number of rotatable bonds is 18. The first-order valence-corrected chi connectivity index (χ1v) is 24.1. The monoisotopic (exact) mass is 963 g/mol. The lowest BCUT2D eigenvalue weighted by Crippen LogP contribution is -2.59. The van der Waals surface area contributed by atoms with Gasteiger partial charge in [0, 0.05) is 42.9 Å². The predicted octanol–water partition coefficient (Wildman–Crippen LogP) is 4.50. The topological polar surface area (TPSA) is 243 Å². The van der Waals surface area contributed by atoms with E-state index in [0.29, 0.717) is 36.9 Å². The maximum absolute atomic E-state index is 14.9. The molecular weight excluding hydrogens is 899 g/mol. The van der Waals surface area contributed by atoms with Gasteiger partial charge in [-0.3, -0.25) is 33.6 Å². The van der Waals surface area contributed by atoms with Gasteiger partial charge >= 0.3 is 18.0 Å². The van der Waals surface area contributed by atoms with E-state index in [2.05, 4.69) is 31.6 Å². The number of amides is 6. The Hall–Kier alpha value is -7.24. The number of carbonyl (C=O) groups excluding carboxylic acids is 8. The van der Waals surface area contributed by atoms with Crippen molar-refractivity contribution in [2.24, 2.45) is 11.8 Å². The molecule has 0 radical (unpaired) electrons. The number of aromatic amines is 1. The third kappa shape index (κ3) is 15.1. The molecule has 2 fully saturated rings. The summed E-state index contributed by atoms with van der Waals surface area (Å²) in [6.45, 7) is 7.29. The first-order chi connectivity index (χ1) is 33.6. The number of nitrogens with zero attached hydrogens (tertiary/aromatic N) is 1. The molecule has 0 bridgehead atoms. The highest BCUT2D eigenvalue weighted by molar-refractivity contribution is 5.99. The molecule has 70 heavy (non-hydrogen) atoms. The Bertz CT molecular complexity index is 2440. The molecule has 3 heterocycles. The zero-order chi connectivity index (χ0) is 50.2. The first kappa shape index (κ1) is 52.1. The standard InChI is InChI=1S/C52H65N7O11/c1-32(2)24-40-47(62)55-41(25-36-28-54-39-21-14-13-20-38(36)39)48(63)57-42(27-45(61)68-30-34-16-8-5-9-17-34)51(66)59-29-37(26-43(59)49(64)58-46(33(3)4)50(65)56-40)70-44(60)22-12-7-15-23-53-52(67)69-31-35-18-10-6-11-19-35/h5-6,8-11,13-14,16-21,28,32-33,37,40-43,46,54H,7,12,15,22-27,29-31H2,1-4H3,(H,53,67)(H,55,62)(H,56,65)(H,57,63)(H,58,64)/t37-,40+,41-,42-,43+,46-/m1/s1. The summed E-state index contributed by atoms with van der Waals surface area (Å²) in [5.41, 5.74) is 3.02. The average Bonchev–Trinajstić information content (AvgIpc) is 3.96. The molecule has 0 aliphatic carbocycles. The Morgan fingerprint density at radius 1 is 0.686 bits per heavy atom. The number of carbonyl (C=O) groups is 8. The molecule has 6 atom stereocenters. The Labute approximate surface area is 407 Å². The lowest BCUT2D eigenvalue weighted by Gasteiger charge is -2.30. The normalized spacial score (nSPS) is 21.2. The molecule has 18 heteroatoms. The molecule has 1 aromatic heterocycles. The van der Waals surface area contributed by atoms with Crippen LogP contribution in [0.15, 0.2) is 91.1 Å². The van der Waals surface area contributed by atoms with Gasteiger partial charge in [-0.1, -0.05) is 113 Å². The zero-order valence-corrected chi connectivity index (χ0v) is 40.2. The van der Waals surface area contributed by atoms with Crippen molar-refractivity contribution in [2.75, 3.05) is 13.1 Å². The van der Waals surface area contributed by atoms with E-state index < -0.39 is 96.2 Å². The Morgan fingerprint density at radius 3 is 2.00 bits per heavy atom. The number of aromatic nitrogens is 1. The predicted molar refractivity (Wildman–Crippen MR) is 258 cm³/mol. The van der Waals surface area contributed by atoms with Crippen LogP contribution in [0.1, 0.15) is 89.3 Å². The highest BCUT2D eigenvalue weighted by atomic mass is 16.6. The first-order valence-electron chi connectivity index (χ1n) is 24.1. The molecule has 18 nitrogen and oxygen atoms in total. The number of para-hydroxylation sites is 1. The van der Waals surface area contributed by atoms with Gasteiger partial charge in [-0.25, -0.2) is 4.79 Å². The third-order valence-corrected chi connectivity index (χ3v) is 12.2. The Kier molecular flexibility index (Phi) is 18.9. The van der Waals surface area contributed by atoms with Gasteiger partial charge in [0.2, 0.25) is 29.5 Å². The summed E-state index contributed by atoms with van der Waals surface area (Å²) >= 11 is 0. The van der Waals surface area contributed by atoms with Gasteiger partial charge in [0.25, 0.3) is 0 Å². The SMILES string of the molecule is CC(C)C[C@@H]1NC(=O)[C@@H](C(C)C)NC(=O)[C@@H]2C[C@@H](OC(=O)CCCCCNC(=O)OCc3ccccc3)CN2C(=O)[C@@H](CC(=O)OCc2ccccc2)NC(=O)[C@@H](Cc2c[nH]c3ccccc23)NC1=O. The molecule has 0 saturated carbocycles. The molecule has 6 N–H and O–H groups in total. The summed E-state index contributed by atoms with van der Waals surface area (Å²) in [4.78, 5) is 116. The van der Waals surface area contributed by atoms with Crippen LogP contribution in [0.5, 0.6) is 0 Å². The molecule has 6 amide bonds. The minimum Gasteiger partial charge on any atom is -0.461 e. The van der Waals surface area contributed by atoms with Gasteiger partial charge in [-0.15, -0.1) is 0 Å². The largest absolute Gasteiger partial charge is 0.461 e. The minimum atomic E-state index is -1.61. The Balaban J connectivity index is 1.22. The van der Waals surface area contributed by atoms with Crippen LogP contribution in [-0.4, -0.2) is 107 Å². The summed E-state index contributed by atoms with van der Waals surface area (Å²) in [7, 11) is 0. The van der Waals surface area contributed by atoms with Crippen LogP contribution in [0.2, 0.25) is 0 Å². The number of esters is 2. The van der Waals surface area contributed by atoms with Crippen molar-refractivity contribution >= 4 is 58.5 Å². The highest BCUT2D eigenvalue weighted by Gasteiger charge is 2.46. The summed E-state index contributed by atoms with van der Waals surface area (Å²) in [6.07, 6.45) is 1.14. The van der Waals surface area contributed by atoms with Crippen molar-refractivity contribution < 1.29 is 52.6 Å². The fourth-order valence-electron chi connectivity index (χ4n) is 8.54. The summed E-state index contributed by atoms with van der Waals surface area (Å²) in [6, 6.07) is 19.1. The second kappa shape index (κ2) is 25.4. The van der Waals surface area contributed by atoms with Crippen LogP contribution < -0.4 is 26.6 Å². The van der Waals surface area contributed by atoms with Gasteiger partial charge in [-0.2, -0.15) is 0 Å². The Morgan fingerprint density at radius 2 is 1.31 bits per heavy atom. The number of nitrogens with one attached hydrogen (secondary N) is 6. The van der Waals surface area contributed by atoms with Crippen molar-refractivity contribution in [3.63, 3.8) is 0 Å². The van der Waals surface area contributed by atoms with Crippen molar-refractivity contribution in [3.05, 3.63) is 108 Å². The van der Waals surface area contributed by atoms with Gasteiger partial charge < -0.3 is 50.7 Å². The van der Waals surface area contributed by atoms with Crippen molar-refractivity contribution in [1.29, 1.82) is 0 Å². The molecule has 3 aromatic carbocycles. The highest BCUT2D eigenvalue weighted by Crippen LogP contribution is 2.25. The summed E-state index contributed by atoms with van der Waals surface area (Å²) in [5.74, 6) is -5.64. The van der Waals surface area contributed by atoms with E-state index in [0.717, 1.165) is 21.4 Å². The number of unbranched alkanes of at least 4 members (excludes halogenated alkanes) is 2. The van der Waals surface area contributed by atoms with Crippen LogP contribution in [0.25, 0.3) is 10.9 Å². The lowest BCUT2D eigenvalue weighted by molar-refractivity contribution is -0.151. The van der Waals surface area contributed by atoms with Crippen molar-refractivity contribution in [3.8, 4) is 0 Å². The number of H-pyrrole nitrogens is 1. The van der Waals surface area contributed by atoms with Crippen LogP contribution in [0.4, 0.5) is 4.79 Å². The van der Waals surface area contributed by atoms with E-state index in [9.17, 15) is 38.4 Å². The van der Waals surface area contributed by atoms with E-state index in [-0.39, 0.29) is 51.4 Å². The van der Waals surface area contributed by atoms with E-state index in [1.54, 1.807) is 44.3 Å². The molecular formula is C52H65N7O11. The molecule has 0 unspecified atom stereocenters. The molecule has 2 aliphatic heterocycles. The number of fused-ring (bicyclic) bond motifs is 2. The number of benzene rings is 3. The molecule has 4 aromatic rings. The van der Waals surface area contributed by atoms with Crippen molar-refractivity contribution in [1.82, 2.24) is 36.5 Å². The maximum Gasteiger partial charge on any atom is 0.407 e. The minimum absolute atomic E-state index is 0.0162. The molecule has 6 rings (SSSR count). The number of hydrogen-bond donors (Lipinski definition) is 6. The van der Waals surface area contributed by atoms with E-state index in [4.69, 9.17) is 14.2 Å². The van der Waals surface area contributed by atoms with Crippen LogP contribution in [-0.2, 0) is 67.4 Å². The maximum atomic E-state index is 14.9. The zero-order valence-electron chi connectivity index (χ0n) is 40.2. The van der Waals surface area contributed by atoms with Crippen LogP contribution in [0, 0.1) is 11.8 Å². The molecule has 374 valence electrons. The van der Waals surface area contributed by atoms with E-state index in [1.165, 1.54) is 0 Å². The summed E-state index contributed by atoms with van der Waals surface area (Å²) in [5, 5.41) is 14.6. The summed E-state index contributed by atoms with van der Waals surface area (Å²) < 4.78 is 16.7. The molecule has 2 aliphatic rings.